The Morgan fingerprint density at radius 2 is 1.80 bits per heavy atom. The van der Waals surface area contributed by atoms with Gasteiger partial charge in [-0.3, -0.25) is 9.20 Å². The van der Waals surface area contributed by atoms with Gasteiger partial charge in [-0.05, 0) is 71.7 Å². The van der Waals surface area contributed by atoms with Crippen molar-refractivity contribution < 1.29 is 9.53 Å². The summed E-state index contributed by atoms with van der Waals surface area (Å²) >= 11 is 6.72. The van der Waals surface area contributed by atoms with Crippen LogP contribution in [0.15, 0.2) is 73.1 Å². The van der Waals surface area contributed by atoms with Crippen LogP contribution in [0.1, 0.15) is 71.5 Å². The van der Waals surface area contributed by atoms with Crippen molar-refractivity contribution in [2.45, 2.75) is 77.4 Å². The average molecular weight is 610 g/mol. The van der Waals surface area contributed by atoms with Gasteiger partial charge in [-0.1, -0.05) is 67.1 Å². The number of benzene rings is 2. The number of carbonyl (C=O) groups is 1. The zero-order chi connectivity index (χ0) is 30.8. The minimum absolute atomic E-state index is 0.123. The number of rotatable bonds is 10. The summed E-state index contributed by atoms with van der Waals surface area (Å²) in [4.78, 5) is 29.4. The van der Waals surface area contributed by atoms with E-state index in [0.717, 1.165) is 83.5 Å². The summed E-state index contributed by atoms with van der Waals surface area (Å²) in [5, 5.41) is 1.52. The van der Waals surface area contributed by atoms with Gasteiger partial charge >= 0.3 is 5.97 Å². The number of halogens is 1. The van der Waals surface area contributed by atoms with Crippen molar-refractivity contribution in [3.8, 4) is 22.5 Å². The van der Waals surface area contributed by atoms with Crippen LogP contribution in [-0.2, 0) is 9.53 Å². The zero-order valence-electron chi connectivity index (χ0n) is 26.0. The molecule has 2 aromatic carbocycles. The first-order valence-electron chi connectivity index (χ1n) is 15.6. The molecule has 1 aliphatic rings. The second-order valence-electron chi connectivity index (χ2n) is 12.8. The third-order valence-electron chi connectivity index (χ3n) is 8.32. The molecule has 0 atom stereocenters. The summed E-state index contributed by atoms with van der Waals surface area (Å²) < 4.78 is 7.63. The number of hydrogen-bond donors (Lipinski definition) is 0. The van der Waals surface area contributed by atoms with Crippen molar-refractivity contribution >= 4 is 34.0 Å². The molecule has 0 aliphatic heterocycles. The summed E-state index contributed by atoms with van der Waals surface area (Å²) in [7, 11) is 0. The second-order valence-corrected chi connectivity index (χ2v) is 13.1. The molecule has 8 heteroatoms. The highest BCUT2D eigenvalue weighted by atomic mass is 35.5. The van der Waals surface area contributed by atoms with Crippen LogP contribution >= 0.6 is 11.6 Å². The van der Waals surface area contributed by atoms with E-state index in [-0.39, 0.29) is 5.97 Å². The van der Waals surface area contributed by atoms with E-state index in [9.17, 15) is 4.79 Å². The van der Waals surface area contributed by atoms with E-state index in [1.807, 2.05) is 45.2 Å². The molecule has 228 valence electrons. The van der Waals surface area contributed by atoms with Crippen molar-refractivity contribution in [3.05, 3.63) is 84.0 Å². The number of ether oxygens (including phenoxy) is 1. The van der Waals surface area contributed by atoms with Crippen molar-refractivity contribution in [3.63, 3.8) is 0 Å². The fourth-order valence-electron chi connectivity index (χ4n) is 6.23. The Bertz CT molecular complexity index is 1770. The van der Waals surface area contributed by atoms with E-state index in [1.54, 1.807) is 6.20 Å². The van der Waals surface area contributed by atoms with Crippen LogP contribution in [0.3, 0.4) is 0 Å². The quantitative estimate of drug-likeness (QED) is 0.148. The molecule has 0 N–H and O–H groups in total. The molecule has 0 saturated heterocycles. The fourth-order valence-corrected chi connectivity index (χ4v) is 6.46. The highest BCUT2D eigenvalue weighted by Crippen LogP contribution is 2.42. The number of imidazole rings is 1. The lowest BCUT2D eigenvalue weighted by atomic mass is 9.78. The zero-order valence-corrected chi connectivity index (χ0v) is 26.7. The third kappa shape index (κ3) is 6.49. The van der Waals surface area contributed by atoms with Gasteiger partial charge in [0.05, 0.1) is 16.9 Å². The molecule has 0 radical (unpaired) electrons. The van der Waals surface area contributed by atoms with Crippen molar-refractivity contribution in [2.75, 3.05) is 13.1 Å². The van der Waals surface area contributed by atoms with Crippen LogP contribution in [0.2, 0.25) is 5.15 Å². The Labute approximate surface area is 264 Å². The van der Waals surface area contributed by atoms with Crippen LogP contribution in [0.5, 0.6) is 0 Å². The first kappa shape index (κ1) is 30.2. The molecule has 0 unspecified atom stereocenters. The number of aromatic nitrogens is 4. The third-order valence-corrected chi connectivity index (χ3v) is 8.60. The largest absolute Gasteiger partial charge is 0.460 e. The van der Waals surface area contributed by atoms with Gasteiger partial charge in [0.2, 0.25) is 0 Å². The van der Waals surface area contributed by atoms with Crippen LogP contribution in [0, 0.1) is 0 Å². The molecule has 44 heavy (non-hydrogen) atoms. The van der Waals surface area contributed by atoms with Crippen LogP contribution in [0.25, 0.3) is 38.9 Å². The summed E-state index contributed by atoms with van der Waals surface area (Å²) in [6, 6.07) is 21.2. The molecule has 1 fully saturated rings. The molecule has 1 saturated carbocycles. The predicted molar refractivity (Wildman–Crippen MR) is 177 cm³/mol. The Morgan fingerprint density at radius 3 is 2.55 bits per heavy atom. The first-order valence-corrected chi connectivity index (χ1v) is 16.0. The normalized spacial score (nSPS) is 16.9. The summed E-state index contributed by atoms with van der Waals surface area (Å²) in [6.07, 6.45) is 8.08. The smallest absolute Gasteiger partial charge is 0.306 e. The maximum absolute atomic E-state index is 12.2. The van der Waals surface area contributed by atoms with Gasteiger partial charge < -0.3 is 9.64 Å². The standard InChI is InChI=1S/C36H40ClN5O2/c1-5-18-41(19-9-12-31(43)44-36(2,3)4)28-21-27(22-28)35-40-32(33-34(37)38-17-20-42(33)35)26-14-13-25-15-16-29(39-30(25)23-26)24-10-7-6-8-11-24/h6-8,10-11,13-17,20,23,27-28H,5,9,12,18-19,21-22H2,1-4H3. The van der Waals surface area contributed by atoms with Gasteiger partial charge in [-0.25, -0.2) is 15.0 Å². The van der Waals surface area contributed by atoms with Gasteiger partial charge in [-0.2, -0.15) is 0 Å². The van der Waals surface area contributed by atoms with Crippen molar-refractivity contribution in [2.24, 2.45) is 0 Å². The van der Waals surface area contributed by atoms with E-state index >= 15 is 0 Å². The second kappa shape index (κ2) is 12.7. The van der Waals surface area contributed by atoms with Gasteiger partial charge in [0.1, 0.15) is 16.9 Å². The van der Waals surface area contributed by atoms with Gasteiger partial charge in [0.25, 0.3) is 0 Å². The number of pyridine rings is 1. The van der Waals surface area contributed by atoms with E-state index in [0.29, 0.717) is 23.5 Å². The van der Waals surface area contributed by atoms with E-state index in [4.69, 9.17) is 26.3 Å². The summed E-state index contributed by atoms with van der Waals surface area (Å²) in [5.74, 6) is 1.21. The minimum Gasteiger partial charge on any atom is -0.460 e. The Kier molecular flexibility index (Phi) is 8.70. The lowest BCUT2D eigenvalue weighted by Gasteiger charge is -2.42. The van der Waals surface area contributed by atoms with Crippen LogP contribution < -0.4 is 0 Å². The van der Waals surface area contributed by atoms with Crippen LogP contribution in [-0.4, -0.2) is 55.0 Å². The molecule has 0 spiro atoms. The molecule has 3 heterocycles. The minimum atomic E-state index is -0.444. The van der Waals surface area contributed by atoms with E-state index in [2.05, 4.69) is 63.7 Å². The molecule has 0 bridgehead atoms. The molecule has 6 rings (SSSR count). The lowest BCUT2D eigenvalue weighted by Crippen LogP contribution is -2.45. The molecular weight excluding hydrogens is 570 g/mol. The average Bonchev–Trinajstić information content (AvgIpc) is 3.36. The first-order chi connectivity index (χ1) is 21.2. The monoisotopic (exact) mass is 609 g/mol. The highest BCUT2D eigenvalue weighted by Gasteiger charge is 2.37. The molecule has 1 aliphatic carbocycles. The van der Waals surface area contributed by atoms with Gasteiger partial charge in [0, 0.05) is 47.3 Å². The lowest BCUT2D eigenvalue weighted by molar-refractivity contribution is -0.155. The van der Waals surface area contributed by atoms with Crippen molar-refractivity contribution in [1.82, 2.24) is 24.3 Å². The summed E-state index contributed by atoms with van der Waals surface area (Å²) in [5.41, 5.74) is 5.13. The molecule has 0 amide bonds. The Hall–Kier alpha value is -3.81. The Balaban J connectivity index is 1.23. The maximum atomic E-state index is 12.2. The van der Waals surface area contributed by atoms with Crippen LogP contribution in [0.4, 0.5) is 0 Å². The topological polar surface area (TPSA) is 72.6 Å². The fraction of sp³-hybridized carbons (Fsp3) is 0.389. The SMILES string of the molecule is CCCN(CCCC(=O)OC(C)(C)C)C1CC(c2nc(-c3ccc4ccc(-c5ccccc5)nc4c3)c3c(Cl)nccn23)C1. The van der Waals surface area contributed by atoms with E-state index in [1.165, 1.54) is 0 Å². The highest BCUT2D eigenvalue weighted by molar-refractivity contribution is 6.33. The molecule has 7 nitrogen and oxygen atoms in total. The maximum Gasteiger partial charge on any atom is 0.306 e. The Morgan fingerprint density at radius 1 is 1.02 bits per heavy atom. The summed E-state index contributed by atoms with van der Waals surface area (Å²) in [6.45, 7) is 9.86. The number of carbonyl (C=O) groups excluding carboxylic acids is 1. The number of nitrogens with zero attached hydrogens (tertiary/aromatic N) is 5. The molecule has 3 aromatic heterocycles. The van der Waals surface area contributed by atoms with E-state index < -0.39 is 5.60 Å². The molecular formula is C36H40ClN5O2. The van der Waals surface area contributed by atoms with Gasteiger partial charge in [-0.15, -0.1) is 0 Å². The number of hydrogen-bond acceptors (Lipinski definition) is 6. The number of fused-ring (bicyclic) bond motifs is 2. The molecule has 5 aromatic rings. The van der Waals surface area contributed by atoms with Crippen molar-refractivity contribution in [1.29, 1.82) is 0 Å². The number of esters is 1. The van der Waals surface area contributed by atoms with Gasteiger partial charge in [0.15, 0.2) is 5.15 Å². The predicted octanol–water partition coefficient (Wildman–Crippen LogP) is 8.34.